The van der Waals surface area contributed by atoms with Gasteiger partial charge in [-0.1, -0.05) is 0 Å². The van der Waals surface area contributed by atoms with E-state index in [-0.39, 0.29) is 0 Å². The number of benzene rings is 1. The van der Waals surface area contributed by atoms with Crippen LogP contribution in [0.1, 0.15) is 23.2 Å². The third-order valence-electron chi connectivity index (χ3n) is 4.52. The lowest BCUT2D eigenvalue weighted by atomic mass is 10.1. The quantitative estimate of drug-likeness (QED) is 0.515. The second-order valence-corrected chi connectivity index (χ2v) is 6.61. The molecular formula is C16H14N4S. The maximum atomic E-state index is 4.54. The number of hydrogen-bond acceptors (Lipinski definition) is 3. The fraction of sp³-hybridized carbons (Fsp3) is 0.250. The molecule has 5 rings (SSSR count). The lowest BCUT2D eigenvalue weighted by molar-refractivity contribution is 0.832. The largest absolute Gasteiger partial charge is 0.353 e. The van der Waals surface area contributed by atoms with Gasteiger partial charge in [0.15, 0.2) is 0 Å². The topological polar surface area (TPSA) is 57.4 Å². The van der Waals surface area contributed by atoms with Crippen LogP contribution >= 0.6 is 11.3 Å². The predicted octanol–water partition coefficient (Wildman–Crippen LogP) is 3.96. The van der Waals surface area contributed by atoms with Crippen LogP contribution in [0.4, 0.5) is 0 Å². The Morgan fingerprint density at radius 1 is 1.19 bits per heavy atom. The van der Waals surface area contributed by atoms with E-state index in [1.54, 1.807) is 11.3 Å². The summed E-state index contributed by atoms with van der Waals surface area (Å²) in [6, 6.07) is 4.44. The summed E-state index contributed by atoms with van der Waals surface area (Å²) >= 11 is 1.69. The van der Waals surface area contributed by atoms with Crippen LogP contribution < -0.4 is 0 Å². The summed E-state index contributed by atoms with van der Waals surface area (Å²) < 4.78 is 1.23. The molecule has 3 heterocycles. The summed E-state index contributed by atoms with van der Waals surface area (Å²) in [4.78, 5) is 8.06. The monoisotopic (exact) mass is 294 g/mol. The Balaban J connectivity index is 1.89. The van der Waals surface area contributed by atoms with Crippen molar-refractivity contribution in [1.29, 1.82) is 0 Å². The second kappa shape index (κ2) is 3.95. The van der Waals surface area contributed by atoms with E-state index in [0.29, 0.717) is 0 Å². The minimum absolute atomic E-state index is 1.09. The first-order valence-electron chi connectivity index (χ1n) is 7.23. The van der Waals surface area contributed by atoms with Crippen LogP contribution in [0.2, 0.25) is 0 Å². The molecule has 0 saturated heterocycles. The average molecular weight is 294 g/mol. The molecule has 1 aromatic carbocycles. The first-order valence-corrected chi connectivity index (χ1v) is 8.11. The Labute approximate surface area is 125 Å². The molecule has 0 atom stereocenters. The highest BCUT2D eigenvalue weighted by Crippen LogP contribution is 2.38. The molecule has 2 N–H and O–H groups in total. The summed E-state index contributed by atoms with van der Waals surface area (Å²) in [6.45, 7) is 2.11. The van der Waals surface area contributed by atoms with Crippen molar-refractivity contribution in [3.8, 4) is 11.4 Å². The Morgan fingerprint density at radius 2 is 2.10 bits per heavy atom. The fourth-order valence-corrected chi connectivity index (χ4v) is 4.17. The normalized spacial score (nSPS) is 14.3. The zero-order valence-electron chi connectivity index (χ0n) is 11.7. The molecule has 0 aliphatic heterocycles. The minimum atomic E-state index is 1.09. The van der Waals surface area contributed by atoms with E-state index in [1.165, 1.54) is 44.5 Å². The summed E-state index contributed by atoms with van der Waals surface area (Å²) in [5, 5.41) is 8.98. The van der Waals surface area contributed by atoms with Crippen LogP contribution in [0, 0.1) is 6.92 Å². The van der Waals surface area contributed by atoms with Gasteiger partial charge in [-0.3, -0.25) is 5.10 Å². The van der Waals surface area contributed by atoms with Crippen molar-refractivity contribution in [3.63, 3.8) is 0 Å². The van der Waals surface area contributed by atoms with Crippen LogP contribution in [0.15, 0.2) is 17.6 Å². The van der Waals surface area contributed by atoms with Crippen LogP contribution in [-0.2, 0) is 12.8 Å². The van der Waals surface area contributed by atoms with E-state index in [1.807, 2.05) is 5.51 Å². The van der Waals surface area contributed by atoms with Gasteiger partial charge in [-0.05, 0) is 43.9 Å². The Morgan fingerprint density at radius 3 is 3.05 bits per heavy atom. The number of nitrogens with zero attached hydrogens (tertiary/aromatic N) is 2. The zero-order chi connectivity index (χ0) is 14.0. The molecule has 4 nitrogen and oxygen atoms in total. The Hall–Kier alpha value is -2.14. The third-order valence-corrected chi connectivity index (χ3v) is 5.31. The van der Waals surface area contributed by atoms with Crippen LogP contribution in [0.5, 0.6) is 0 Å². The molecule has 3 aromatic heterocycles. The van der Waals surface area contributed by atoms with Crippen molar-refractivity contribution in [1.82, 2.24) is 20.2 Å². The highest BCUT2D eigenvalue weighted by Gasteiger charge is 2.23. The molecule has 0 saturated carbocycles. The summed E-state index contributed by atoms with van der Waals surface area (Å²) in [5.41, 5.74) is 10.5. The number of H-pyrrole nitrogens is 2. The van der Waals surface area contributed by atoms with Gasteiger partial charge in [0.25, 0.3) is 0 Å². The second-order valence-electron chi connectivity index (χ2n) is 5.73. The molecule has 0 bridgehead atoms. The van der Waals surface area contributed by atoms with Crippen molar-refractivity contribution in [2.45, 2.75) is 26.2 Å². The lowest BCUT2D eigenvalue weighted by Gasteiger charge is -1.98. The lowest BCUT2D eigenvalue weighted by Crippen LogP contribution is -1.87. The molecule has 0 amide bonds. The molecule has 1 aliphatic rings. The van der Waals surface area contributed by atoms with Gasteiger partial charge in [0.1, 0.15) is 5.69 Å². The van der Waals surface area contributed by atoms with Gasteiger partial charge in [-0.25, -0.2) is 4.98 Å². The van der Waals surface area contributed by atoms with E-state index < -0.39 is 0 Å². The zero-order valence-corrected chi connectivity index (χ0v) is 12.5. The van der Waals surface area contributed by atoms with Crippen molar-refractivity contribution < 1.29 is 0 Å². The Bertz CT molecular complexity index is 989. The van der Waals surface area contributed by atoms with Crippen molar-refractivity contribution >= 4 is 32.5 Å². The van der Waals surface area contributed by atoms with Gasteiger partial charge < -0.3 is 4.98 Å². The molecule has 21 heavy (non-hydrogen) atoms. The number of aromatic nitrogens is 4. The van der Waals surface area contributed by atoms with Gasteiger partial charge in [-0.15, -0.1) is 11.3 Å². The maximum Gasteiger partial charge on any atom is 0.112 e. The maximum absolute atomic E-state index is 4.54. The highest BCUT2D eigenvalue weighted by molar-refractivity contribution is 7.16. The molecule has 0 unspecified atom stereocenters. The van der Waals surface area contributed by atoms with Crippen LogP contribution in [0.3, 0.4) is 0 Å². The van der Waals surface area contributed by atoms with Crippen molar-refractivity contribution in [2.75, 3.05) is 0 Å². The number of thiazole rings is 1. The smallest absolute Gasteiger partial charge is 0.112 e. The highest BCUT2D eigenvalue weighted by atomic mass is 32.1. The van der Waals surface area contributed by atoms with Gasteiger partial charge in [0.05, 0.1) is 21.4 Å². The molecule has 4 aromatic rings. The number of nitrogens with one attached hydrogen (secondary N) is 2. The summed E-state index contributed by atoms with van der Waals surface area (Å²) in [5.74, 6) is 0. The van der Waals surface area contributed by atoms with Gasteiger partial charge in [-0.2, -0.15) is 5.10 Å². The van der Waals surface area contributed by atoms with Gasteiger partial charge in [0.2, 0.25) is 0 Å². The first kappa shape index (κ1) is 11.5. The predicted molar refractivity (Wildman–Crippen MR) is 85.8 cm³/mol. The summed E-state index contributed by atoms with van der Waals surface area (Å²) in [7, 11) is 0. The molecule has 5 heteroatoms. The minimum Gasteiger partial charge on any atom is -0.353 e. The average Bonchev–Trinajstić information content (AvgIpc) is 3.13. The molecule has 0 radical (unpaired) electrons. The van der Waals surface area contributed by atoms with E-state index in [2.05, 4.69) is 39.2 Å². The molecule has 104 valence electrons. The third kappa shape index (κ3) is 1.49. The molecule has 0 spiro atoms. The number of fused-ring (bicyclic) bond motifs is 6. The van der Waals surface area contributed by atoms with Crippen molar-refractivity contribution in [2.24, 2.45) is 0 Å². The molecule has 0 fully saturated rings. The Kier molecular flexibility index (Phi) is 2.16. The standard InChI is InChI=1S/C16H14N4S/c1-8-9-3-2-4-10-11-5-13-14(21-7-17-13)6-12(11)18-15(10)16(9)20-19-8/h5-7,18H,2-4H2,1H3,(H,19,20). The molecular weight excluding hydrogens is 280 g/mol. The van der Waals surface area contributed by atoms with E-state index >= 15 is 0 Å². The van der Waals surface area contributed by atoms with Crippen molar-refractivity contribution in [3.05, 3.63) is 34.5 Å². The van der Waals surface area contributed by atoms with Gasteiger partial charge >= 0.3 is 0 Å². The summed E-state index contributed by atoms with van der Waals surface area (Å²) in [6.07, 6.45) is 3.36. The number of aromatic amines is 2. The van der Waals surface area contributed by atoms with Crippen LogP contribution in [-0.4, -0.2) is 20.2 Å². The molecule has 1 aliphatic carbocycles. The van der Waals surface area contributed by atoms with E-state index in [4.69, 9.17) is 0 Å². The number of hydrogen-bond donors (Lipinski definition) is 2. The number of rotatable bonds is 0. The van der Waals surface area contributed by atoms with E-state index in [9.17, 15) is 0 Å². The van der Waals surface area contributed by atoms with E-state index in [0.717, 1.165) is 24.1 Å². The first-order chi connectivity index (χ1) is 10.3. The fourth-order valence-electron chi connectivity index (χ4n) is 3.47. The van der Waals surface area contributed by atoms with Crippen LogP contribution in [0.25, 0.3) is 32.5 Å². The SMILES string of the molecule is Cc1[nH]nc2c1CCCc1c-2[nH]c2cc3scnc3cc12. The number of aryl methyl sites for hydroxylation is 2. The van der Waals surface area contributed by atoms with Gasteiger partial charge in [0, 0.05) is 22.2 Å².